The molecule has 8 heteroatoms. The van der Waals surface area contributed by atoms with Gasteiger partial charge in [-0.05, 0) is 36.8 Å². The van der Waals surface area contributed by atoms with Crippen LogP contribution >= 0.6 is 0 Å². The molecule has 0 aliphatic heterocycles. The SMILES string of the molecule is CCCCCCCCCCCCn1c(-c2cccc(N)c2)nc2cc(S(=O)(=O)O)ccc21.[Na]. The molecule has 6 nitrogen and oxygen atoms in total. The van der Waals surface area contributed by atoms with Gasteiger partial charge in [0.2, 0.25) is 0 Å². The van der Waals surface area contributed by atoms with Crippen LogP contribution in [0.2, 0.25) is 0 Å². The van der Waals surface area contributed by atoms with Crippen LogP contribution in [0, 0.1) is 0 Å². The van der Waals surface area contributed by atoms with Crippen LogP contribution in [0.5, 0.6) is 0 Å². The molecule has 0 aliphatic rings. The second-order valence-corrected chi connectivity index (χ2v) is 9.94. The van der Waals surface area contributed by atoms with E-state index in [-0.39, 0.29) is 34.5 Å². The summed E-state index contributed by atoms with van der Waals surface area (Å²) in [6.07, 6.45) is 12.7. The third-order valence-electron chi connectivity index (χ3n) is 5.90. The number of nitrogen functional groups attached to an aromatic ring is 1. The Morgan fingerprint density at radius 3 is 2.15 bits per heavy atom. The molecule has 0 amide bonds. The third-order valence-corrected chi connectivity index (χ3v) is 6.75. The number of rotatable bonds is 13. The molecule has 0 spiro atoms. The first kappa shape index (κ1) is 27.9. The Morgan fingerprint density at radius 2 is 1.55 bits per heavy atom. The van der Waals surface area contributed by atoms with Gasteiger partial charge in [0, 0.05) is 47.4 Å². The molecule has 1 aromatic heterocycles. The number of hydrogen-bond donors (Lipinski definition) is 2. The fourth-order valence-corrected chi connectivity index (χ4v) is 4.65. The Hall–Kier alpha value is -1.38. The zero-order chi connectivity index (χ0) is 23.0. The van der Waals surface area contributed by atoms with E-state index in [1.807, 2.05) is 24.3 Å². The van der Waals surface area contributed by atoms with Gasteiger partial charge in [0.1, 0.15) is 5.82 Å². The first-order valence-corrected chi connectivity index (χ1v) is 13.2. The van der Waals surface area contributed by atoms with Crippen molar-refractivity contribution in [2.24, 2.45) is 0 Å². The predicted octanol–water partition coefficient (Wildman–Crippen LogP) is 6.07. The van der Waals surface area contributed by atoms with E-state index in [0.29, 0.717) is 11.2 Å². The molecule has 0 saturated carbocycles. The summed E-state index contributed by atoms with van der Waals surface area (Å²) in [7, 11) is -4.28. The summed E-state index contributed by atoms with van der Waals surface area (Å²) in [4.78, 5) is 4.55. The number of nitrogens with two attached hydrogens (primary N) is 1. The quantitative estimate of drug-likeness (QED) is 0.134. The number of anilines is 1. The number of nitrogens with zero attached hydrogens (tertiary/aromatic N) is 2. The smallest absolute Gasteiger partial charge is 0.294 e. The summed E-state index contributed by atoms with van der Waals surface area (Å²) in [5.41, 5.74) is 8.92. The molecule has 3 aromatic rings. The van der Waals surface area contributed by atoms with Crippen LogP contribution < -0.4 is 5.73 Å². The van der Waals surface area contributed by atoms with Gasteiger partial charge in [-0.2, -0.15) is 8.42 Å². The zero-order valence-corrected chi connectivity index (χ0v) is 22.8. The number of benzene rings is 2. The van der Waals surface area contributed by atoms with E-state index >= 15 is 0 Å². The second kappa shape index (κ2) is 13.5. The molecular weight excluding hydrogens is 445 g/mol. The maximum absolute atomic E-state index is 11.6. The molecule has 175 valence electrons. The number of aromatic nitrogens is 2. The average molecular weight is 481 g/mol. The van der Waals surface area contributed by atoms with E-state index in [1.165, 1.54) is 63.5 Å². The van der Waals surface area contributed by atoms with Crippen LogP contribution in [0.1, 0.15) is 71.1 Å². The fourth-order valence-electron chi connectivity index (χ4n) is 4.15. The molecule has 1 radical (unpaired) electrons. The molecule has 33 heavy (non-hydrogen) atoms. The Balaban J connectivity index is 0.00000385. The molecule has 0 fully saturated rings. The normalized spacial score (nSPS) is 11.6. The number of unbranched alkanes of at least 4 members (excludes halogenated alkanes) is 9. The summed E-state index contributed by atoms with van der Waals surface area (Å²) in [5.74, 6) is 0.760. The van der Waals surface area contributed by atoms with Crippen LogP contribution in [0.15, 0.2) is 47.4 Å². The average Bonchev–Trinajstić information content (AvgIpc) is 3.12. The van der Waals surface area contributed by atoms with Crippen molar-refractivity contribution < 1.29 is 13.0 Å². The summed E-state index contributed by atoms with van der Waals surface area (Å²) in [5, 5.41) is 0. The molecule has 0 atom stereocenters. The fraction of sp³-hybridized carbons (Fsp3) is 0.480. The second-order valence-electron chi connectivity index (χ2n) is 8.52. The Labute approximate surface area is 220 Å². The van der Waals surface area contributed by atoms with Gasteiger partial charge < -0.3 is 10.3 Å². The van der Waals surface area contributed by atoms with Crippen molar-refractivity contribution in [3.8, 4) is 11.4 Å². The predicted molar refractivity (Wildman–Crippen MR) is 137 cm³/mol. The monoisotopic (exact) mass is 480 g/mol. The molecule has 1 heterocycles. The topological polar surface area (TPSA) is 98.2 Å². The molecule has 0 unspecified atom stereocenters. The van der Waals surface area contributed by atoms with E-state index in [2.05, 4.69) is 11.5 Å². The first-order chi connectivity index (χ1) is 15.4. The first-order valence-electron chi connectivity index (χ1n) is 11.7. The van der Waals surface area contributed by atoms with Crippen molar-refractivity contribution in [2.75, 3.05) is 5.73 Å². The van der Waals surface area contributed by atoms with Gasteiger partial charge in [-0.25, -0.2) is 4.98 Å². The van der Waals surface area contributed by atoms with Gasteiger partial charge in [0.25, 0.3) is 10.1 Å². The standard InChI is InChI=1S/C25H35N3O3S.Na/c1-2-3-4-5-6-7-8-9-10-11-17-28-24-16-15-22(32(29,30)31)19-23(24)27-25(28)20-13-12-14-21(26)18-20;/h12-16,18-19H,2-11,17,26H2,1H3,(H,29,30,31);. The zero-order valence-electron chi connectivity index (χ0n) is 20.0. The Kier molecular flexibility index (Phi) is 11.4. The van der Waals surface area contributed by atoms with Crippen LogP contribution in [0.25, 0.3) is 22.4 Å². The van der Waals surface area contributed by atoms with Gasteiger partial charge in [-0.3, -0.25) is 4.55 Å². The van der Waals surface area contributed by atoms with Crippen LogP contribution in [-0.4, -0.2) is 52.1 Å². The summed E-state index contributed by atoms with van der Waals surface area (Å²) < 4.78 is 34.6. The Bertz CT molecular complexity index is 1130. The van der Waals surface area contributed by atoms with Crippen LogP contribution in [0.4, 0.5) is 5.69 Å². The Morgan fingerprint density at radius 1 is 0.909 bits per heavy atom. The van der Waals surface area contributed by atoms with E-state index in [9.17, 15) is 13.0 Å². The van der Waals surface area contributed by atoms with E-state index in [1.54, 1.807) is 6.07 Å². The minimum Gasteiger partial charge on any atom is -0.399 e. The molecule has 0 bridgehead atoms. The molecular formula is C25H35N3NaO3S. The summed E-state index contributed by atoms with van der Waals surface area (Å²) in [6, 6.07) is 12.1. The van der Waals surface area contributed by atoms with E-state index < -0.39 is 10.1 Å². The van der Waals surface area contributed by atoms with Gasteiger partial charge in [0.05, 0.1) is 15.9 Å². The van der Waals surface area contributed by atoms with Crippen molar-refractivity contribution in [3.05, 3.63) is 42.5 Å². The van der Waals surface area contributed by atoms with Gasteiger partial charge in [-0.1, -0.05) is 76.8 Å². The largest absolute Gasteiger partial charge is 0.399 e. The van der Waals surface area contributed by atoms with Crippen molar-refractivity contribution in [3.63, 3.8) is 0 Å². The summed E-state index contributed by atoms with van der Waals surface area (Å²) in [6.45, 7) is 3.04. The maximum atomic E-state index is 11.6. The van der Waals surface area contributed by atoms with E-state index in [0.717, 1.165) is 36.3 Å². The van der Waals surface area contributed by atoms with Crippen molar-refractivity contribution in [1.82, 2.24) is 9.55 Å². The molecule has 3 N–H and O–H groups in total. The summed E-state index contributed by atoms with van der Waals surface area (Å²) >= 11 is 0. The van der Waals surface area contributed by atoms with Crippen LogP contribution in [0.3, 0.4) is 0 Å². The van der Waals surface area contributed by atoms with Gasteiger partial charge in [-0.15, -0.1) is 0 Å². The van der Waals surface area contributed by atoms with Crippen molar-refractivity contribution in [2.45, 2.75) is 82.6 Å². The third kappa shape index (κ3) is 8.11. The van der Waals surface area contributed by atoms with Crippen molar-refractivity contribution >= 4 is 56.4 Å². The molecule has 0 aliphatic carbocycles. The maximum Gasteiger partial charge on any atom is 0.294 e. The van der Waals surface area contributed by atoms with Crippen molar-refractivity contribution in [1.29, 1.82) is 0 Å². The molecule has 3 rings (SSSR count). The minimum absolute atomic E-state index is 0. The van der Waals surface area contributed by atoms with E-state index in [4.69, 9.17) is 10.7 Å². The number of imidazole rings is 1. The molecule has 2 aromatic carbocycles. The van der Waals surface area contributed by atoms with Gasteiger partial charge in [0.15, 0.2) is 0 Å². The molecule has 0 saturated heterocycles. The number of hydrogen-bond acceptors (Lipinski definition) is 4. The van der Waals surface area contributed by atoms with Gasteiger partial charge >= 0.3 is 0 Å². The number of aryl methyl sites for hydroxylation is 1. The minimum atomic E-state index is -4.28. The number of fused-ring (bicyclic) bond motifs is 1. The van der Waals surface area contributed by atoms with Crippen LogP contribution in [-0.2, 0) is 16.7 Å².